The minimum Gasteiger partial charge on any atom is -0.324 e. The van der Waals surface area contributed by atoms with Gasteiger partial charge in [0.1, 0.15) is 11.0 Å². The van der Waals surface area contributed by atoms with Crippen LogP contribution in [0, 0.1) is 6.92 Å². The zero-order valence-corrected chi connectivity index (χ0v) is 21.3. The van der Waals surface area contributed by atoms with Crippen molar-refractivity contribution in [2.24, 2.45) is 0 Å². The Bertz CT molecular complexity index is 1240. The Morgan fingerprint density at radius 2 is 1.94 bits per heavy atom. The average molecular weight is 489 g/mol. The molecule has 0 saturated carbocycles. The highest BCUT2D eigenvalue weighted by atomic mass is 32.2. The molecule has 0 unspecified atom stereocenters. The number of anilines is 1. The Morgan fingerprint density at radius 1 is 1.09 bits per heavy atom. The fourth-order valence-corrected chi connectivity index (χ4v) is 4.53. The smallest absolute Gasteiger partial charge is 0.227 e. The molecule has 2 aromatic heterocycles. The zero-order valence-electron chi connectivity index (χ0n) is 20.5. The predicted molar refractivity (Wildman–Crippen MR) is 147 cm³/mol. The molecule has 0 saturated heterocycles. The molecule has 0 atom stereocenters. The maximum Gasteiger partial charge on any atom is 0.227 e. The minimum atomic E-state index is 0.574. The van der Waals surface area contributed by atoms with Crippen LogP contribution in [0.15, 0.2) is 59.4 Å². The van der Waals surface area contributed by atoms with Gasteiger partial charge in [-0.25, -0.2) is 14.3 Å². The van der Waals surface area contributed by atoms with E-state index >= 15 is 0 Å². The molecule has 9 heteroatoms. The van der Waals surface area contributed by atoms with E-state index in [1.165, 1.54) is 4.91 Å². The third kappa shape index (κ3) is 7.11. The molecule has 0 amide bonds. The van der Waals surface area contributed by atoms with Crippen LogP contribution in [-0.4, -0.2) is 55.9 Å². The molecular weight excluding hydrogens is 456 g/mol. The number of hydrogen-bond donors (Lipinski definition) is 3. The van der Waals surface area contributed by atoms with Gasteiger partial charge in [0.15, 0.2) is 0 Å². The van der Waals surface area contributed by atoms with E-state index in [0.29, 0.717) is 5.95 Å². The third-order valence-corrected chi connectivity index (χ3v) is 6.65. The molecule has 35 heavy (non-hydrogen) atoms. The fourth-order valence-electron chi connectivity index (χ4n) is 3.62. The number of allylic oxidation sites excluding steroid dienone is 4. The first-order valence-corrected chi connectivity index (χ1v) is 12.7. The SMILES string of the molecule is CCNCCN(CC)SC1=CCC=C(Nc2ncc(/C=C/c3cc(C)cc4n[nH]nc34)cn2)C=C1. The van der Waals surface area contributed by atoms with Crippen LogP contribution in [0.2, 0.25) is 0 Å². The number of aromatic amines is 1. The van der Waals surface area contributed by atoms with Crippen LogP contribution >= 0.6 is 11.9 Å². The van der Waals surface area contributed by atoms with Crippen molar-refractivity contribution in [1.29, 1.82) is 0 Å². The highest BCUT2D eigenvalue weighted by Crippen LogP contribution is 2.25. The van der Waals surface area contributed by atoms with Gasteiger partial charge < -0.3 is 10.6 Å². The predicted octanol–water partition coefficient (Wildman–Crippen LogP) is 4.95. The Morgan fingerprint density at radius 3 is 2.74 bits per heavy atom. The van der Waals surface area contributed by atoms with Crippen LogP contribution in [-0.2, 0) is 0 Å². The van der Waals surface area contributed by atoms with Crippen molar-refractivity contribution in [3.8, 4) is 0 Å². The van der Waals surface area contributed by atoms with Crippen molar-refractivity contribution in [3.05, 3.63) is 76.1 Å². The molecule has 0 aliphatic heterocycles. The first-order chi connectivity index (χ1) is 17.1. The first-order valence-electron chi connectivity index (χ1n) is 11.9. The second kappa shape index (κ2) is 12.4. The van der Waals surface area contributed by atoms with Crippen molar-refractivity contribution >= 4 is 41.1 Å². The Hall–Kier alpha value is -3.27. The lowest BCUT2D eigenvalue weighted by atomic mass is 10.1. The number of hydrogen-bond acceptors (Lipinski definition) is 8. The monoisotopic (exact) mass is 488 g/mol. The highest BCUT2D eigenvalue weighted by Gasteiger charge is 2.08. The molecule has 3 aromatic rings. The minimum absolute atomic E-state index is 0.574. The number of rotatable bonds is 11. The Labute approximate surface area is 210 Å². The summed E-state index contributed by atoms with van der Waals surface area (Å²) in [6.07, 6.45) is 17.1. The molecule has 3 N–H and O–H groups in total. The summed E-state index contributed by atoms with van der Waals surface area (Å²) in [4.78, 5) is 10.2. The third-order valence-electron chi connectivity index (χ3n) is 5.44. The van der Waals surface area contributed by atoms with Gasteiger partial charge >= 0.3 is 0 Å². The van der Waals surface area contributed by atoms with Crippen molar-refractivity contribution < 1.29 is 0 Å². The second-order valence-corrected chi connectivity index (χ2v) is 9.32. The molecule has 1 aliphatic rings. The van der Waals surface area contributed by atoms with E-state index in [1.807, 2.05) is 37.5 Å². The summed E-state index contributed by atoms with van der Waals surface area (Å²) < 4.78 is 2.37. The summed E-state index contributed by atoms with van der Waals surface area (Å²) in [7, 11) is 0. The average Bonchev–Trinajstić information content (AvgIpc) is 3.23. The van der Waals surface area contributed by atoms with Crippen LogP contribution in [0.25, 0.3) is 23.2 Å². The Balaban J connectivity index is 1.34. The molecule has 4 rings (SSSR count). The van der Waals surface area contributed by atoms with E-state index in [-0.39, 0.29) is 0 Å². The van der Waals surface area contributed by atoms with Crippen molar-refractivity contribution in [1.82, 2.24) is 35.0 Å². The van der Waals surface area contributed by atoms with Crippen molar-refractivity contribution in [2.45, 2.75) is 27.2 Å². The molecule has 0 fully saturated rings. The molecular formula is C26H32N8S. The lowest BCUT2D eigenvalue weighted by Crippen LogP contribution is -2.27. The number of aryl methyl sites for hydroxylation is 1. The number of aromatic nitrogens is 5. The van der Waals surface area contributed by atoms with E-state index in [4.69, 9.17) is 0 Å². The van der Waals surface area contributed by atoms with E-state index < -0.39 is 0 Å². The van der Waals surface area contributed by atoms with Gasteiger partial charge in [-0.15, -0.1) is 0 Å². The molecule has 0 spiro atoms. The summed E-state index contributed by atoms with van der Waals surface area (Å²) in [6, 6.07) is 4.10. The van der Waals surface area contributed by atoms with Crippen molar-refractivity contribution in [2.75, 3.05) is 31.5 Å². The number of likely N-dealkylation sites (N-methyl/N-ethyl adjacent to an activating group) is 2. The molecule has 0 bridgehead atoms. The van der Waals surface area contributed by atoms with E-state index in [9.17, 15) is 0 Å². The molecule has 1 aliphatic carbocycles. The summed E-state index contributed by atoms with van der Waals surface area (Å²) >= 11 is 1.80. The van der Waals surface area contributed by atoms with Crippen LogP contribution in [0.4, 0.5) is 5.95 Å². The lowest BCUT2D eigenvalue weighted by Gasteiger charge is -2.19. The van der Waals surface area contributed by atoms with Gasteiger partial charge in [0.05, 0.1) is 0 Å². The summed E-state index contributed by atoms with van der Waals surface area (Å²) in [5.74, 6) is 0.574. The summed E-state index contributed by atoms with van der Waals surface area (Å²) in [5, 5.41) is 17.8. The Kier molecular flexibility index (Phi) is 8.83. The molecule has 8 nitrogen and oxygen atoms in total. The second-order valence-electron chi connectivity index (χ2n) is 8.15. The van der Waals surface area contributed by atoms with E-state index in [0.717, 1.165) is 66.0 Å². The number of nitrogens with zero attached hydrogens (tertiary/aromatic N) is 5. The maximum absolute atomic E-state index is 4.49. The van der Waals surface area contributed by atoms with Gasteiger partial charge in [0.2, 0.25) is 5.95 Å². The lowest BCUT2D eigenvalue weighted by molar-refractivity contribution is 0.483. The quantitative estimate of drug-likeness (QED) is 0.258. The van der Waals surface area contributed by atoms with Gasteiger partial charge in [-0.1, -0.05) is 38.2 Å². The maximum atomic E-state index is 4.49. The molecule has 0 radical (unpaired) electrons. The van der Waals surface area contributed by atoms with Gasteiger partial charge in [-0.3, -0.25) is 0 Å². The van der Waals surface area contributed by atoms with Gasteiger partial charge in [0.25, 0.3) is 0 Å². The number of benzene rings is 1. The van der Waals surface area contributed by atoms with Crippen LogP contribution in [0.5, 0.6) is 0 Å². The van der Waals surface area contributed by atoms with Crippen LogP contribution in [0.3, 0.4) is 0 Å². The van der Waals surface area contributed by atoms with Crippen LogP contribution in [0.1, 0.15) is 37.0 Å². The van der Waals surface area contributed by atoms with Crippen LogP contribution < -0.4 is 10.6 Å². The van der Waals surface area contributed by atoms with Crippen molar-refractivity contribution in [3.63, 3.8) is 0 Å². The largest absolute Gasteiger partial charge is 0.324 e. The van der Waals surface area contributed by atoms with Gasteiger partial charge in [-0.05, 0) is 61.7 Å². The molecule has 182 valence electrons. The number of fused-ring (bicyclic) bond motifs is 1. The first kappa shape index (κ1) is 24.8. The standard InChI is InChI=1S/C26H32N8S/c1-4-27-13-14-34(5-2)35-23-8-6-7-22(11-12-23)30-26-28-17-20(18-29-26)9-10-21-15-19(3)16-24-25(21)32-33-31-24/h7-12,15-18,27H,4-6,13-14H2,1-3H3,(H,28,29,30)(H,31,32,33)/b10-9+. The number of nitrogens with one attached hydrogen (secondary N) is 3. The van der Waals surface area contributed by atoms with E-state index in [2.05, 4.69) is 84.5 Å². The zero-order chi connectivity index (χ0) is 24.5. The molecule has 2 heterocycles. The highest BCUT2D eigenvalue weighted by molar-refractivity contribution is 8.01. The summed E-state index contributed by atoms with van der Waals surface area (Å²) in [6.45, 7) is 10.4. The normalized spacial score (nSPS) is 13.9. The van der Waals surface area contributed by atoms with E-state index in [1.54, 1.807) is 11.9 Å². The topological polar surface area (TPSA) is 94.7 Å². The number of H-pyrrole nitrogens is 1. The van der Waals surface area contributed by atoms with Gasteiger partial charge in [-0.2, -0.15) is 15.4 Å². The molecule has 1 aromatic carbocycles. The van der Waals surface area contributed by atoms with Gasteiger partial charge in [0, 0.05) is 53.8 Å². The summed E-state index contributed by atoms with van der Waals surface area (Å²) in [5.41, 5.74) is 5.76. The fraction of sp³-hybridized carbons (Fsp3) is 0.308.